The highest BCUT2D eigenvalue weighted by Gasteiger charge is 2.34. The van der Waals surface area contributed by atoms with E-state index in [1.54, 1.807) is 60.7 Å². The van der Waals surface area contributed by atoms with Crippen molar-refractivity contribution in [2.24, 2.45) is 0 Å². The van der Waals surface area contributed by atoms with Gasteiger partial charge in [-0.2, -0.15) is 26.3 Å². The number of alkyl halides is 6. The molecule has 0 heterocycles. The van der Waals surface area contributed by atoms with Gasteiger partial charge >= 0.3 is 24.3 Å². The Kier molecular flexibility index (Phi) is 8.11. The second-order valence-electron chi connectivity index (χ2n) is 7.06. The van der Waals surface area contributed by atoms with E-state index in [0.29, 0.717) is 4.90 Å². The molecule has 0 saturated heterocycles. The summed E-state index contributed by atoms with van der Waals surface area (Å²) in [6.07, 6.45) is -9.58. The number of hydrogen-bond donors (Lipinski definition) is 0. The molecule has 0 aliphatic carbocycles. The molecule has 0 bridgehead atoms. The topological polar surface area (TPSA) is 52.6 Å². The minimum Gasteiger partial charge on any atom is -0.452 e. The number of benzene rings is 3. The lowest BCUT2D eigenvalue weighted by atomic mass is 10.1. The maximum atomic E-state index is 12.5. The molecular weight excluding hydrogens is 498 g/mol. The molecule has 0 unspecified atom stereocenters. The van der Waals surface area contributed by atoms with E-state index >= 15 is 0 Å². The quantitative estimate of drug-likeness (QED) is 0.213. The molecule has 184 valence electrons. The summed E-state index contributed by atoms with van der Waals surface area (Å²) >= 11 is 0. The van der Waals surface area contributed by atoms with Gasteiger partial charge in [0.15, 0.2) is 27.9 Å². The van der Waals surface area contributed by atoms with Crippen LogP contribution in [0.15, 0.2) is 93.5 Å². The van der Waals surface area contributed by atoms with E-state index in [0.717, 1.165) is 15.9 Å². The molecule has 0 radical (unpaired) electrons. The van der Waals surface area contributed by atoms with Gasteiger partial charge in [-0.3, -0.25) is 0 Å². The van der Waals surface area contributed by atoms with Crippen LogP contribution >= 0.6 is 0 Å². The molecule has 0 amide bonds. The fourth-order valence-electron chi connectivity index (χ4n) is 2.94. The molecule has 0 fully saturated rings. The first-order valence-electron chi connectivity index (χ1n) is 9.90. The van der Waals surface area contributed by atoms with Crippen molar-refractivity contribution in [1.29, 1.82) is 0 Å². The summed E-state index contributed by atoms with van der Waals surface area (Å²) in [7, 11) is -0.970. The number of carbonyl (C=O) groups excluding carboxylic acids is 2. The second kappa shape index (κ2) is 10.9. The lowest BCUT2D eigenvalue weighted by molar-refractivity contribution is -0.161. The van der Waals surface area contributed by atoms with Crippen LogP contribution in [0.3, 0.4) is 0 Å². The summed E-state index contributed by atoms with van der Waals surface area (Å²) in [4.78, 5) is 26.5. The molecule has 4 nitrogen and oxygen atoms in total. The Morgan fingerprint density at radius 3 is 1.31 bits per heavy atom. The number of hydrogen-bond acceptors (Lipinski definition) is 4. The van der Waals surface area contributed by atoms with Crippen LogP contribution in [-0.2, 0) is 20.4 Å². The maximum Gasteiger partial charge on any atom is 0.422 e. The van der Waals surface area contributed by atoms with E-state index < -0.39 is 59.5 Å². The van der Waals surface area contributed by atoms with Crippen molar-refractivity contribution in [2.75, 3.05) is 13.2 Å². The highest BCUT2D eigenvalue weighted by Crippen LogP contribution is 2.33. The van der Waals surface area contributed by atoms with Gasteiger partial charge in [0, 0.05) is 12.1 Å². The van der Waals surface area contributed by atoms with Gasteiger partial charge in [0.25, 0.3) is 0 Å². The van der Waals surface area contributed by atoms with E-state index in [1.807, 2.05) is 0 Å². The summed E-state index contributed by atoms with van der Waals surface area (Å²) in [5.41, 5.74) is -0.870. The fourth-order valence-corrected chi connectivity index (χ4v) is 5.10. The largest absolute Gasteiger partial charge is 0.452 e. The number of carbonyl (C=O) groups is 2. The Balaban J connectivity index is 2.10. The molecule has 0 N–H and O–H groups in total. The third-order valence-electron chi connectivity index (χ3n) is 4.31. The van der Waals surface area contributed by atoms with Gasteiger partial charge < -0.3 is 9.47 Å². The van der Waals surface area contributed by atoms with Gasteiger partial charge in [0.2, 0.25) is 0 Å². The van der Waals surface area contributed by atoms with E-state index in [4.69, 9.17) is 0 Å². The van der Waals surface area contributed by atoms with Crippen LogP contribution in [0.25, 0.3) is 0 Å². The Morgan fingerprint density at radius 2 is 0.971 bits per heavy atom. The average molecular weight is 515 g/mol. The minimum atomic E-state index is -4.79. The van der Waals surface area contributed by atoms with Gasteiger partial charge in [-0.1, -0.05) is 36.4 Å². The van der Waals surface area contributed by atoms with E-state index in [1.165, 1.54) is 12.1 Å². The Bertz CT molecular complexity index is 1080. The molecule has 0 aliphatic heterocycles. The number of rotatable bonds is 7. The van der Waals surface area contributed by atoms with Gasteiger partial charge in [-0.15, -0.1) is 0 Å². The molecule has 0 aliphatic rings. The number of esters is 2. The fraction of sp³-hybridized carbons (Fsp3) is 0.167. The number of halogens is 6. The molecular formula is C24H17F6O4S+. The van der Waals surface area contributed by atoms with Crippen LogP contribution in [0, 0.1) is 0 Å². The van der Waals surface area contributed by atoms with Crippen molar-refractivity contribution in [3.05, 3.63) is 90.0 Å². The summed E-state index contributed by atoms with van der Waals surface area (Å²) in [5, 5.41) is 0. The summed E-state index contributed by atoms with van der Waals surface area (Å²) in [5.74, 6) is -2.78. The molecule has 3 aromatic rings. The molecule has 0 aromatic heterocycles. The molecule has 0 atom stereocenters. The first-order valence-corrected chi connectivity index (χ1v) is 11.1. The second-order valence-corrected chi connectivity index (χ2v) is 9.09. The zero-order valence-corrected chi connectivity index (χ0v) is 18.5. The Labute approximate surface area is 198 Å². The van der Waals surface area contributed by atoms with Crippen LogP contribution in [0.5, 0.6) is 0 Å². The van der Waals surface area contributed by atoms with Crippen molar-refractivity contribution >= 4 is 22.8 Å². The van der Waals surface area contributed by atoms with E-state index in [-0.39, 0.29) is 0 Å². The predicted octanol–water partition coefficient (Wildman–Crippen LogP) is 6.22. The lowest BCUT2D eigenvalue weighted by Gasteiger charge is -2.13. The molecule has 0 saturated carbocycles. The van der Waals surface area contributed by atoms with Crippen LogP contribution in [0.4, 0.5) is 26.3 Å². The lowest BCUT2D eigenvalue weighted by Crippen LogP contribution is -2.22. The number of ether oxygens (including phenoxy) is 2. The van der Waals surface area contributed by atoms with Crippen LogP contribution < -0.4 is 0 Å². The zero-order valence-electron chi connectivity index (χ0n) is 17.7. The van der Waals surface area contributed by atoms with Crippen LogP contribution in [-0.4, -0.2) is 37.5 Å². The van der Waals surface area contributed by atoms with Gasteiger partial charge in [0.1, 0.15) is 0 Å². The standard InChI is InChI=1S/C24H17F6O4S/c25-23(26,27)14-33-21(31)16-11-17(22(32)34-15-24(28,29)30)13-20(12-16)35(18-7-3-1-4-8-18)19-9-5-2-6-10-19/h1-13H,14-15H2/q+1. The smallest absolute Gasteiger partial charge is 0.422 e. The minimum absolute atomic E-state index is 0.294. The molecule has 3 rings (SSSR count). The molecule has 0 spiro atoms. The third-order valence-corrected chi connectivity index (χ3v) is 6.50. The van der Waals surface area contributed by atoms with Crippen LogP contribution in [0.1, 0.15) is 20.7 Å². The normalized spacial score (nSPS) is 11.9. The Morgan fingerprint density at radius 1 is 0.600 bits per heavy atom. The average Bonchev–Trinajstić information content (AvgIpc) is 2.81. The van der Waals surface area contributed by atoms with Gasteiger partial charge in [-0.25, -0.2) is 9.59 Å². The van der Waals surface area contributed by atoms with Crippen molar-refractivity contribution in [3.63, 3.8) is 0 Å². The van der Waals surface area contributed by atoms with E-state index in [2.05, 4.69) is 9.47 Å². The summed E-state index contributed by atoms with van der Waals surface area (Å²) in [6, 6.07) is 21.0. The van der Waals surface area contributed by atoms with Gasteiger partial charge in [0.05, 0.1) is 22.0 Å². The summed E-state index contributed by atoms with van der Waals surface area (Å²) in [6.45, 7) is -3.74. The van der Waals surface area contributed by atoms with Crippen molar-refractivity contribution in [3.8, 4) is 0 Å². The van der Waals surface area contributed by atoms with Crippen molar-refractivity contribution in [2.45, 2.75) is 27.0 Å². The highest BCUT2D eigenvalue weighted by molar-refractivity contribution is 7.97. The zero-order chi connectivity index (χ0) is 25.6. The monoisotopic (exact) mass is 515 g/mol. The first kappa shape index (κ1) is 26.1. The first-order chi connectivity index (χ1) is 16.4. The van der Waals surface area contributed by atoms with Crippen molar-refractivity contribution in [1.82, 2.24) is 0 Å². The molecule has 11 heteroatoms. The van der Waals surface area contributed by atoms with Crippen molar-refractivity contribution < 1.29 is 45.4 Å². The van der Waals surface area contributed by atoms with Crippen LogP contribution in [0.2, 0.25) is 0 Å². The highest BCUT2D eigenvalue weighted by atomic mass is 32.2. The maximum absolute atomic E-state index is 12.5. The molecule has 35 heavy (non-hydrogen) atoms. The SMILES string of the molecule is O=C(OCC(F)(F)F)c1cc(C(=O)OCC(F)(F)F)cc([S+](c2ccccc2)c2ccccc2)c1. The van der Waals surface area contributed by atoms with Gasteiger partial charge in [-0.05, 0) is 30.3 Å². The third kappa shape index (κ3) is 7.78. The Hall–Kier alpha value is -3.47. The predicted molar refractivity (Wildman–Crippen MR) is 114 cm³/mol. The summed E-state index contributed by atoms with van der Waals surface area (Å²) < 4.78 is 83.9. The van der Waals surface area contributed by atoms with E-state index in [9.17, 15) is 35.9 Å². The molecule has 3 aromatic carbocycles.